The summed E-state index contributed by atoms with van der Waals surface area (Å²) in [6.07, 6.45) is 4.67. The molecule has 32 heavy (non-hydrogen) atoms. The van der Waals surface area contributed by atoms with Gasteiger partial charge in [0, 0.05) is 25.6 Å². The van der Waals surface area contributed by atoms with Gasteiger partial charge in [-0.3, -0.25) is 19.7 Å². The molecule has 0 saturated carbocycles. The van der Waals surface area contributed by atoms with E-state index in [0.717, 1.165) is 42.7 Å². The van der Waals surface area contributed by atoms with Crippen molar-refractivity contribution in [3.63, 3.8) is 0 Å². The smallest absolute Gasteiger partial charge is 0.303 e. The maximum Gasteiger partial charge on any atom is 0.303 e. The molecule has 0 aliphatic rings. The van der Waals surface area contributed by atoms with Crippen LogP contribution in [0.2, 0.25) is 0 Å². The summed E-state index contributed by atoms with van der Waals surface area (Å²) < 4.78 is 0. The highest BCUT2D eigenvalue weighted by atomic mass is 32.1. The van der Waals surface area contributed by atoms with Gasteiger partial charge in [-0.15, -0.1) is 4.91 Å². The van der Waals surface area contributed by atoms with Crippen molar-refractivity contribution < 1.29 is 19.5 Å². The molecule has 0 radical (unpaired) electrons. The Balaban J connectivity index is 1.94. The van der Waals surface area contributed by atoms with Crippen molar-refractivity contribution in [1.29, 1.82) is 0 Å². The summed E-state index contributed by atoms with van der Waals surface area (Å²) in [4.78, 5) is 49.7. The normalized spacial score (nSPS) is 10.4. The molecule has 1 aromatic heterocycles. The number of thiazole rings is 1. The number of carbonyl (C=O) groups excluding carboxylic acids is 2. The van der Waals surface area contributed by atoms with Crippen LogP contribution in [0.25, 0.3) is 0 Å². The van der Waals surface area contributed by atoms with Gasteiger partial charge in [0.15, 0.2) is 10.1 Å². The zero-order valence-electron chi connectivity index (χ0n) is 18.1. The van der Waals surface area contributed by atoms with Crippen molar-refractivity contribution in [2.24, 2.45) is 5.18 Å². The monoisotopic (exact) mass is 461 g/mol. The Hall–Kier alpha value is -3.34. The third kappa shape index (κ3) is 8.06. The van der Waals surface area contributed by atoms with E-state index in [0.29, 0.717) is 24.3 Å². The average Bonchev–Trinajstić information content (AvgIpc) is 3.08. The summed E-state index contributed by atoms with van der Waals surface area (Å²) in [6.45, 7) is 3.70. The predicted molar refractivity (Wildman–Crippen MR) is 125 cm³/mol. The Kier molecular flexibility index (Phi) is 9.74. The van der Waals surface area contributed by atoms with Crippen LogP contribution in [0.15, 0.2) is 23.4 Å². The number of hydrogen-bond acceptors (Lipinski definition) is 8. The number of benzene rings is 1. The fourth-order valence-electron chi connectivity index (χ4n) is 3.00. The summed E-state index contributed by atoms with van der Waals surface area (Å²) >= 11 is 0.976. The molecule has 172 valence electrons. The minimum atomic E-state index is -0.761. The average molecular weight is 462 g/mol. The van der Waals surface area contributed by atoms with Gasteiger partial charge < -0.3 is 15.7 Å². The molecule has 0 atom stereocenters. The topological polar surface area (TPSA) is 150 Å². The minimum Gasteiger partial charge on any atom is -0.481 e. The highest BCUT2D eigenvalue weighted by Gasteiger charge is 2.16. The molecule has 0 spiro atoms. The molecule has 0 aliphatic heterocycles. The molecular formula is C21H27N5O5S. The maximum absolute atomic E-state index is 12.7. The van der Waals surface area contributed by atoms with Crippen LogP contribution in [0.4, 0.5) is 21.5 Å². The van der Waals surface area contributed by atoms with E-state index in [-0.39, 0.29) is 28.0 Å². The Morgan fingerprint density at radius 1 is 1.09 bits per heavy atom. The molecule has 4 N–H and O–H groups in total. The van der Waals surface area contributed by atoms with Gasteiger partial charge in [0.2, 0.25) is 5.91 Å². The molecule has 10 nitrogen and oxygen atoms in total. The number of aryl methyl sites for hydroxylation is 1. The van der Waals surface area contributed by atoms with Gasteiger partial charge in [0.25, 0.3) is 5.91 Å². The molecule has 1 heterocycles. The Morgan fingerprint density at radius 3 is 2.47 bits per heavy atom. The SMILES string of the molecule is CC(=O)Nc1cc(NCCCCCCCC(=O)O)ccc1C(=O)Nc1nc(C)c(N=O)s1. The predicted octanol–water partition coefficient (Wildman–Crippen LogP) is 4.90. The zero-order valence-corrected chi connectivity index (χ0v) is 18.9. The number of aliphatic carboxylic acids is 1. The molecule has 2 rings (SSSR count). The number of carboxylic acid groups (broad SMARTS) is 1. The highest BCUT2D eigenvalue weighted by Crippen LogP contribution is 2.31. The molecule has 0 bridgehead atoms. The first kappa shape index (κ1) is 24.9. The van der Waals surface area contributed by atoms with Gasteiger partial charge in [-0.1, -0.05) is 30.6 Å². The van der Waals surface area contributed by atoms with E-state index in [1.165, 1.54) is 6.92 Å². The fraction of sp³-hybridized carbons (Fsp3) is 0.429. The zero-order chi connectivity index (χ0) is 23.5. The quantitative estimate of drug-likeness (QED) is 0.245. The summed E-state index contributed by atoms with van der Waals surface area (Å²) in [6, 6.07) is 5.04. The summed E-state index contributed by atoms with van der Waals surface area (Å²) in [5.41, 5.74) is 1.81. The largest absolute Gasteiger partial charge is 0.481 e. The highest BCUT2D eigenvalue weighted by molar-refractivity contribution is 7.19. The molecule has 2 aromatic rings. The number of rotatable bonds is 13. The molecule has 0 fully saturated rings. The van der Waals surface area contributed by atoms with E-state index in [9.17, 15) is 19.3 Å². The van der Waals surface area contributed by atoms with Crippen LogP contribution in [0, 0.1) is 11.8 Å². The second kappa shape index (κ2) is 12.5. The molecular weight excluding hydrogens is 434 g/mol. The van der Waals surface area contributed by atoms with E-state index in [2.05, 4.69) is 26.1 Å². The lowest BCUT2D eigenvalue weighted by Crippen LogP contribution is -2.17. The maximum atomic E-state index is 12.7. The third-order valence-corrected chi connectivity index (χ3v) is 5.50. The van der Waals surface area contributed by atoms with Crippen LogP contribution in [0.5, 0.6) is 0 Å². The van der Waals surface area contributed by atoms with Crippen LogP contribution < -0.4 is 16.0 Å². The number of nitrogens with one attached hydrogen (secondary N) is 3. The van der Waals surface area contributed by atoms with E-state index in [4.69, 9.17) is 5.11 Å². The summed E-state index contributed by atoms with van der Waals surface area (Å²) in [7, 11) is 0. The third-order valence-electron chi connectivity index (χ3n) is 4.55. The van der Waals surface area contributed by atoms with Gasteiger partial charge in [-0.25, -0.2) is 4.98 Å². The summed E-state index contributed by atoms with van der Waals surface area (Å²) in [5.74, 6) is -1.54. The van der Waals surface area contributed by atoms with E-state index < -0.39 is 11.9 Å². The molecule has 0 aliphatic carbocycles. The van der Waals surface area contributed by atoms with Gasteiger partial charge in [-0.2, -0.15) is 0 Å². The van der Waals surface area contributed by atoms with E-state index in [1.807, 2.05) is 0 Å². The lowest BCUT2D eigenvalue weighted by Gasteiger charge is -2.13. The molecule has 11 heteroatoms. The van der Waals surface area contributed by atoms with Gasteiger partial charge >= 0.3 is 5.97 Å². The van der Waals surface area contributed by atoms with Crippen molar-refractivity contribution in [2.75, 3.05) is 22.5 Å². The first-order valence-electron chi connectivity index (χ1n) is 10.3. The number of aromatic nitrogens is 1. The van der Waals surface area contributed by atoms with Crippen molar-refractivity contribution in [3.05, 3.63) is 34.4 Å². The van der Waals surface area contributed by atoms with Crippen molar-refractivity contribution in [3.8, 4) is 0 Å². The fourth-order valence-corrected chi connectivity index (χ4v) is 3.74. The van der Waals surface area contributed by atoms with Crippen LogP contribution in [0.3, 0.4) is 0 Å². The van der Waals surface area contributed by atoms with Crippen LogP contribution >= 0.6 is 11.3 Å². The Morgan fingerprint density at radius 2 is 1.81 bits per heavy atom. The number of unbranched alkanes of at least 4 members (excludes halogenated alkanes) is 4. The first-order chi connectivity index (χ1) is 15.3. The number of nitrogens with zero attached hydrogens (tertiary/aromatic N) is 2. The van der Waals surface area contributed by atoms with Crippen molar-refractivity contribution >= 4 is 50.6 Å². The second-order valence-electron chi connectivity index (χ2n) is 7.23. The molecule has 0 saturated heterocycles. The molecule has 0 unspecified atom stereocenters. The van der Waals surface area contributed by atoms with Crippen LogP contribution in [0.1, 0.15) is 61.5 Å². The van der Waals surface area contributed by atoms with Crippen molar-refractivity contribution in [2.45, 2.75) is 52.4 Å². The number of nitroso groups, excluding NO2 is 1. The number of anilines is 3. The van der Waals surface area contributed by atoms with Gasteiger partial charge in [0.1, 0.15) is 0 Å². The van der Waals surface area contributed by atoms with E-state index >= 15 is 0 Å². The van der Waals surface area contributed by atoms with Crippen LogP contribution in [-0.2, 0) is 9.59 Å². The minimum absolute atomic E-state index is 0.198. The molecule has 1 aromatic carbocycles. The lowest BCUT2D eigenvalue weighted by atomic mass is 10.1. The number of carbonyl (C=O) groups is 3. The Bertz CT molecular complexity index is 975. The summed E-state index contributed by atoms with van der Waals surface area (Å²) in [5, 5.41) is 20.5. The Labute approximate surface area is 189 Å². The van der Waals surface area contributed by atoms with Gasteiger partial charge in [-0.05, 0) is 43.1 Å². The number of carboxylic acids is 1. The van der Waals surface area contributed by atoms with Crippen LogP contribution in [-0.4, -0.2) is 34.4 Å². The number of amides is 2. The standard InChI is InChI=1S/C21H27N5O5S/c1-13-20(26-31)32-21(23-13)25-19(30)16-10-9-15(12-17(16)24-14(2)27)22-11-7-5-3-4-6-8-18(28)29/h9-10,12,22H,3-8,11H2,1-2H3,(H,24,27)(H,28,29)(H,23,25,30). The first-order valence-corrected chi connectivity index (χ1v) is 11.1. The van der Waals surface area contributed by atoms with Gasteiger partial charge in [0.05, 0.1) is 16.9 Å². The van der Waals surface area contributed by atoms with E-state index in [1.54, 1.807) is 25.1 Å². The van der Waals surface area contributed by atoms with Crippen molar-refractivity contribution in [1.82, 2.24) is 4.98 Å². The second-order valence-corrected chi connectivity index (χ2v) is 8.21. The number of hydrogen-bond donors (Lipinski definition) is 4. The lowest BCUT2D eigenvalue weighted by molar-refractivity contribution is -0.137. The molecule has 2 amide bonds.